The lowest BCUT2D eigenvalue weighted by molar-refractivity contribution is 0.684. The van der Waals surface area contributed by atoms with Gasteiger partial charge in [0.25, 0.3) is 5.56 Å². The maximum Gasteiger partial charge on any atom is 0.273 e. The fourth-order valence-corrected chi connectivity index (χ4v) is 4.55. The molecule has 5 aromatic rings. The van der Waals surface area contributed by atoms with Gasteiger partial charge in [0, 0.05) is 35.1 Å². The van der Waals surface area contributed by atoms with Crippen molar-refractivity contribution in [3.8, 4) is 21.8 Å². The molecule has 0 spiro atoms. The summed E-state index contributed by atoms with van der Waals surface area (Å²) in [4.78, 5) is 22.3. The van der Waals surface area contributed by atoms with E-state index in [0.29, 0.717) is 11.3 Å². The Kier molecular flexibility index (Phi) is 4.71. The minimum atomic E-state index is -0.145. The monoisotopic (exact) mass is 418 g/mol. The molecular weight excluding hydrogens is 396 g/mol. The first kappa shape index (κ1) is 18.7. The van der Waals surface area contributed by atoms with Crippen molar-refractivity contribution in [3.05, 3.63) is 58.1 Å². The third-order valence-electron chi connectivity index (χ3n) is 5.30. The molecule has 0 aliphatic heterocycles. The summed E-state index contributed by atoms with van der Waals surface area (Å²) < 4.78 is 3.42. The van der Waals surface area contributed by atoms with E-state index in [1.807, 2.05) is 35.3 Å². The fraction of sp³-hybridized carbons (Fsp3) is 0.273. The van der Waals surface area contributed by atoms with E-state index in [4.69, 9.17) is 9.97 Å². The first-order valence-corrected chi connectivity index (χ1v) is 11.1. The van der Waals surface area contributed by atoms with Gasteiger partial charge in [-0.2, -0.15) is 5.10 Å². The molecule has 8 heteroatoms. The SMILES string of the molecule is CCCCc1csc(-c2c[nH]n3c(=O)cc(-c4ccc5c(cnn5CC)c4)nc23)n1. The minimum absolute atomic E-state index is 0.145. The van der Waals surface area contributed by atoms with Crippen molar-refractivity contribution >= 4 is 27.9 Å². The molecule has 0 fully saturated rings. The molecule has 4 heterocycles. The number of aromatic amines is 1. The zero-order chi connectivity index (χ0) is 20.7. The van der Waals surface area contributed by atoms with E-state index in [2.05, 4.69) is 29.4 Å². The number of nitrogens with one attached hydrogen (secondary N) is 1. The van der Waals surface area contributed by atoms with Crippen molar-refractivity contribution in [1.29, 1.82) is 0 Å². The van der Waals surface area contributed by atoms with Crippen LogP contribution in [0, 0.1) is 0 Å². The van der Waals surface area contributed by atoms with Crippen molar-refractivity contribution in [1.82, 2.24) is 29.4 Å². The van der Waals surface area contributed by atoms with Gasteiger partial charge in [0.1, 0.15) is 5.01 Å². The van der Waals surface area contributed by atoms with Crippen molar-refractivity contribution in [2.45, 2.75) is 39.7 Å². The van der Waals surface area contributed by atoms with E-state index < -0.39 is 0 Å². The lowest BCUT2D eigenvalue weighted by atomic mass is 10.1. The third-order valence-corrected chi connectivity index (χ3v) is 6.23. The van der Waals surface area contributed by atoms with Crippen LogP contribution in [0.1, 0.15) is 32.4 Å². The molecule has 1 aromatic carbocycles. The van der Waals surface area contributed by atoms with Gasteiger partial charge < -0.3 is 0 Å². The fourth-order valence-electron chi connectivity index (χ4n) is 3.69. The lowest BCUT2D eigenvalue weighted by Gasteiger charge is -2.04. The maximum atomic E-state index is 12.7. The first-order valence-electron chi connectivity index (χ1n) is 10.2. The van der Waals surface area contributed by atoms with Crippen LogP contribution in [0.15, 0.2) is 46.8 Å². The summed E-state index contributed by atoms with van der Waals surface area (Å²) in [6, 6.07) is 7.62. The van der Waals surface area contributed by atoms with Crippen LogP contribution >= 0.6 is 11.3 Å². The summed E-state index contributed by atoms with van der Waals surface area (Å²) in [7, 11) is 0. The van der Waals surface area contributed by atoms with E-state index in [0.717, 1.165) is 58.5 Å². The molecule has 0 aliphatic rings. The highest BCUT2D eigenvalue weighted by Crippen LogP contribution is 2.29. The van der Waals surface area contributed by atoms with Crippen LogP contribution in [0.2, 0.25) is 0 Å². The van der Waals surface area contributed by atoms with Crippen LogP contribution in [0.5, 0.6) is 0 Å². The Bertz CT molecular complexity index is 1410. The lowest BCUT2D eigenvalue weighted by Crippen LogP contribution is -2.14. The largest absolute Gasteiger partial charge is 0.296 e. The number of benzene rings is 1. The highest BCUT2D eigenvalue weighted by atomic mass is 32.1. The normalized spacial score (nSPS) is 11.7. The molecule has 7 nitrogen and oxygen atoms in total. The number of fused-ring (bicyclic) bond motifs is 2. The number of H-pyrrole nitrogens is 1. The summed E-state index contributed by atoms with van der Waals surface area (Å²) in [6.07, 6.45) is 6.89. The van der Waals surface area contributed by atoms with Crippen LogP contribution in [-0.4, -0.2) is 29.4 Å². The number of aryl methyl sites for hydroxylation is 2. The Morgan fingerprint density at radius 2 is 2.07 bits per heavy atom. The second-order valence-electron chi connectivity index (χ2n) is 7.31. The van der Waals surface area contributed by atoms with Crippen molar-refractivity contribution in [3.63, 3.8) is 0 Å². The molecule has 0 saturated heterocycles. The molecule has 0 atom stereocenters. The van der Waals surface area contributed by atoms with Crippen LogP contribution in [-0.2, 0) is 13.0 Å². The first-order chi connectivity index (χ1) is 14.7. The van der Waals surface area contributed by atoms with Gasteiger partial charge in [-0.15, -0.1) is 11.3 Å². The van der Waals surface area contributed by atoms with Gasteiger partial charge in [0.05, 0.1) is 28.7 Å². The average molecular weight is 419 g/mol. The van der Waals surface area contributed by atoms with Gasteiger partial charge in [-0.3, -0.25) is 14.6 Å². The Morgan fingerprint density at radius 1 is 1.17 bits per heavy atom. The average Bonchev–Trinajstić information content (AvgIpc) is 3.49. The molecule has 0 aliphatic carbocycles. The van der Waals surface area contributed by atoms with Gasteiger partial charge in [-0.1, -0.05) is 19.4 Å². The molecule has 0 bridgehead atoms. The molecule has 1 N–H and O–H groups in total. The Hall–Kier alpha value is -3.26. The molecule has 0 radical (unpaired) electrons. The van der Waals surface area contributed by atoms with Gasteiger partial charge in [0.2, 0.25) is 0 Å². The number of thiazole rings is 1. The van der Waals surface area contributed by atoms with Gasteiger partial charge in [0.15, 0.2) is 5.65 Å². The van der Waals surface area contributed by atoms with Crippen LogP contribution in [0.3, 0.4) is 0 Å². The zero-order valence-electron chi connectivity index (χ0n) is 16.9. The van der Waals surface area contributed by atoms with Gasteiger partial charge in [-0.25, -0.2) is 14.5 Å². The molecule has 4 aromatic heterocycles. The maximum absolute atomic E-state index is 12.7. The molecule has 5 rings (SSSR count). The molecule has 0 unspecified atom stereocenters. The van der Waals surface area contributed by atoms with E-state index in [1.165, 1.54) is 4.52 Å². The minimum Gasteiger partial charge on any atom is -0.296 e. The zero-order valence-corrected chi connectivity index (χ0v) is 17.7. The van der Waals surface area contributed by atoms with Crippen LogP contribution in [0.25, 0.3) is 38.4 Å². The van der Waals surface area contributed by atoms with E-state index in [9.17, 15) is 4.79 Å². The smallest absolute Gasteiger partial charge is 0.273 e. The summed E-state index contributed by atoms with van der Waals surface area (Å²) in [5.74, 6) is 0. The number of unbranched alkanes of at least 4 members (excludes halogenated alkanes) is 1. The molecule has 0 saturated carbocycles. The Balaban J connectivity index is 1.60. The highest BCUT2D eigenvalue weighted by molar-refractivity contribution is 7.13. The summed E-state index contributed by atoms with van der Waals surface area (Å²) >= 11 is 1.59. The summed E-state index contributed by atoms with van der Waals surface area (Å²) in [5.41, 5.74) is 5.01. The number of rotatable bonds is 6. The van der Waals surface area contributed by atoms with E-state index in [-0.39, 0.29) is 5.56 Å². The van der Waals surface area contributed by atoms with E-state index in [1.54, 1.807) is 17.4 Å². The Morgan fingerprint density at radius 3 is 2.90 bits per heavy atom. The van der Waals surface area contributed by atoms with Crippen LogP contribution < -0.4 is 5.56 Å². The van der Waals surface area contributed by atoms with Crippen LogP contribution in [0.4, 0.5) is 0 Å². The summed E-state index contributed by atoms with van der Waals surface area (Å²) in [6.45, 7) is 5.06. The van der Waals surface area contributed by atoms with Gasteiger partial charge >= 0.3 is 0 Å². The standard InChI is InChI=1S/C22H22N6OS/c1-3-5-6-16-13-30-22(25-16)17-12-24-28-20(29)10-18(26-21(17)28)14-7-8-19-15(9-14)11-23-27(19)4-2/h7-13,24H,3-6H2,1-2H3. The number of hydrogen-bond donors (Lipinski definition) is 1. The quantitative estimate of drug-likeness (QED) is 0.439. The predicted molar refractivity (Wildman–Crippen MR) is 120 cm³/mol. The van der Waals surface area contributed by atoms with Gasteiger partial charge in [-0.05, 0) is 31.9 Å². The van der Waals surface area contributed by atoms with Crippen molar-refractivity contribution in [2.75, 3.05) is 0 Å². The topological polar surface area (TPSA) is 80.9 Å². The second-order valence-corrected chi connectivity index (χ2v) is 8.17. The predicted octanol–water partition coefficient (Wildman–Crippen LogP) is 4.53. The number of nitrogens with zero attached hydrogens (tertiary/aromatic N) is 5. The molecule has 152 valence electrons. The number of hydrogen-bond acceptors (Lipinski definition) is 5. The second kappa shape index (κ2) is 7.53. The molecular formula is C22H22N6OS. The third kappa shape index (κ3) is 3.13. The number of aromatic nitrogens is 6. The molecule has 0 amide bonds. The van der Waals surface area contributed by atoms with Crippen molar-refractivity contribution in [2.24, 2.45) is 0 Å². The van der Waals surface area contributed by atoms with E-state index >= 15 is 0 Å². The van der Waals surface area contributed by atoms with Crippen molar-refractivity contribution < 1.29 is 0 Å². The summed E-state index contributed by atoms with van der Waals surface area (Å²) in [5, 5.41) is 11.4. The molecule has 30 heavy (non-hydrogen) atoms. The Labute approximate surface area is 177 Å². The highest BCUT2D eigenvalue weighted by Gasteiger charge is 2.15.